The number of aliphatic imine (C=N–C) groups is 2. The minimum Gasteiger partial charge on any atom is -0.204 e. The van der Waals surface area contributed by atoms with Crippen molar-refractivity contribution in [3.63, 3.8) is 0 Å². The summed E-state index contributed by atoms with van der Waals surface area (Å²) in [6.07, 6.45) is 0.390. The Hall–Kier alpha value is -1.18. The Kier molecular flexibility index (Phi) is 4.90. The van der Waals surface area contributed by atoms with Crippen molar-refractivity contribution >= 4 is 34.8 Å². The zero-order valence-electron chi connectivity index (χ0n) is 7.38. The van der Waals surface area contributed by atoms with Gasteiger partial charge in [0.1, 0.15) is 0 Å². The molecule has 0 N–H and O–H groups in total. The summed E-state index contributed by atoms with van der Waals surface area (Å²) < 4.78 is 0. The number of isothiocyanates is 2. The smallest absolute Gasteiger partial charge is 0.164 e. The second-order valence-corrected chi connectivity index (χ2v) is 2.98. The molecule has 0 saturated carbocycles. The highest BCUT2D eigenvalue weighted by molar-refractivity contribution is 7.78. The second-order valence-electron chi connectivity index (χ2n) is 2.61. The number of hydrogen-bond donors (Lipinski definition) is 0. The molecule has 0 fully saturated rings. The number of hydrogen-bond acceptors (Lipinski definition) is 4. The molecule has 0 radical (unpaired) electrons. The van der Waals surface area contributed by atoms with Crippen LogP contribution >= 0.6 is 24.4 Å². The van der Waals surface area contributed by atoms with Crippen molar-refractivity contribution in [1.29, 1.82) is 0 Å². The van der Waals surface area contributed by atoms with E-state index in [1.807, 2.05) is 30.3 Å². The summed E-state index contributed by atoms with van der Waals surface area (Å²) in [7, 11) is 0. The van der Waals surface area contributed by atoms with Crippen LogP contribution in [0.1, 0.15) is 5.56 Å². The lowest BCUT2D eigenvalue weighted by Crippen LogP contribution is -2.04. The summed E-state index contributed by atoms with van der Waals surface area (Å²) in [6.45, 7) is 0. The Labute approximate surface area is 93.4 Å². The maximum atomic E-state index is 4.52. The van der Waals surface area contributed by atoms with Crippen LogP contribution in [0.4, 0.5) is 0 Å². The average molecular weight is 220 g/mol. The summed E-state index contributed by atoms with van der Waals surface area (Å²) in [5.74, 6) is 0. The quantitative estimate of drug-likeness (QED) is 0.575. The van der Waals surface area contributed by atoms with Gasteiger partial charge >= 0.3 is 0 Å². The van der Waals surface area contributed by atoms with Crippen LogP contribution in [-0.2, 0) is 6.42 Å². The Bertz CT molecular complexity index is 358. The zero-order valence-corrected chi connectivity index (χ0v) is 9.02. The molecule has 0 spiro atoms. The first kappa shape index (κ1) is 10.9. The lowest BCUT2D eigenvalue weighted by molar-refractivity contribution is 0.718. The molecular formula is C10H8N2S2. The van der Waals surface area contributed by atoms with Gasteiger partial charge in [0, 0.05) is 6.42 Å². The normalized spacial score (nSPS) is 10.9. The van der Waals surface area contributed by atoms with Crippen molar-refractivity contribution in [3.8, 4) is 0 Å². The fourth-order valence-corrected chi connectivity index (χ4v) is 1.31. The van der Waals surface area contributed by atoms with Gasteiger partial charge in [-0.2, -0.15) is 0 Å². The van der Waals surface area contributed by atoms with E-state index in [4.69, 9.17) is 0 Å². The van der Waals surface area contributed by atoms with Crippen LogP contribution in [0.25, 0.3) is 0 Å². The van der Waals surface area contributed by atoms with E-state index in [1.54, 1.807) is 0 Å². The molecule has 2 nitrogen and oxygen atoms in total. The molecule has 1 rings (SSSR count). The van der Waals surface area contributed by atoms with E-state index >= 15 is 0 Å². The summed E-state index contributed by atoms with van der Waals surface area (Å²) in [6, 6.07) is 9.91. The average Bonchev–Trinajstić information content (AvgIpc) is 2.20. The molecule has 0 unspecified atom stereocenters. The zero-order chi connectivity index (χ0) is 10.2. The third-order valence-corrected chi connectivity index (χ3v) is 1.88. The molecule has 0 saturated heterocycles. The van der Waals surface area contributed by atoms with Crippen molar-refractivity contribution in [1.82, 2.24) is 0 Å². The number of rotatable bonds is 4. The largest absolute Gasteiger partial charge is 0.204 e. The minimum atomic E-state index is -0.285. The molecule has 0 aliphatic rings. The highest BCUT2D eigenvalue weighted by Gasteiger charge is 2.03. The molecule has 0 atom stereocenters. The van der Waals surface area contributed by atoms with E-state index in [0.717, 1.165) is 5.56 Å². The van der Waals surface area contributed by atoms with E-state index in [1.165, 1.54) is 0 Å². The summed E-state index contributed by atoms with van der Waals surface area (Å²) in [4.78, 5) is 7.76. The van der Waals surface area contributed by atoms with Crippen molar-refractivity contribution in [2.45, 2.75) is 12.6 Å². The van der Waals surface area contributed by atoms with E-state index in [0.29, 0.717) is 6.42 Å². The van der Waals surface area contributed by atoms with E-state index in [9.17, 15) is 0 Å². The second kappa shape index (κ2) is 6.30. The third-order valence-electron chi connectivity index (χ3n) is 1.66. The molecule has 0 aliphatic heterocycles. The molecule has 1 aromatic rings. The highest BCUT2D eigenvalue weighted by Crippen LogP contribution is 2.05. The van der Waals surface area contributed by atoms with Crippen molar-refractivity contribution in [2.24, 2.45) is 9.98 Å². The standard InChI is InChI=1S/C10H8N2S2/c13-7-11-10(12-8-14)6-9-4-2-1-3-5-9/h1-5,10H,6H2. The van der Waals surface area contributed by atoms with Crippen molar-refractivity contribution in [3.05, 3.63) is 35.9 Å². The summed E-state index contributed by atoms with van der Waals surface area (Å²) in [5, 5.41) is 4.60. The predicted octanol–water partition coefficient (Wildman–Crippen LogP) is 2.76. The van der Waals surface area contributed by atoms with Gasteiger partial charge in [-0.25, -0.2) is 9.98 Å². The third kappa shape index (κ3) is 3.69. The molecule has 1 aromatic carbocycles. The van der Waals surface area contributed by atoms with Gasteiger partial charge in [0.2, 0.25) is 0 Å². The molecule has 0 amide bonds. The Morgan fingerprint density at radius 2 is 1.64 bits per heavy atom. The van der Waals surface area contributed by atoms with Gasteiger partial charge in [-0.3, -0.25) is 0 Å². The van der Waals surface area contributed by atoms with Gasteiger partial charge in [-0.15, -0.1) is 0 Å². The lowest BCUT2D eigenvalue weighted by atomic mass is 10.1. The molecule has 0 bridgehead atoms. The van der Waals surface area contributed by atoms with Crippen LogP contribution in [0.2, 0.25) is 0 Å². The van der Waals surface area contributed by atoms with Crippen LogP contribution < -0.4 is 0 Å². The van der Waals surface area contributed by atoms with Crippen LogP contribution in [0.5, 0.6) is 0 Å². The first-order valence-electron chi connectivity index (χ1n) is 4.04. The van der Waals surface area contributed by atoms with E-state index < -0.39 is 0 Å². The SMILES string of the molecule is S=C=NC(Cc1ccccc1)N=C=S. The van der Waals surface area contributed by atoms with Gasteiger partial charge in [0.15, 0.2) is 6.17 Å². The maximum absolute atomic E-state index is 4.52. The van der Waals surface area contributed by atoms with Crippen LogP contribution in [0.3, 0.4) is 0 Å². The maximum Gasteiger partial charge on any atom is 0.164 e. The first-order valence-corrected chi connectivity index (χ1v) is 4.86. The van der Waals surface area contributed by atoms with Crippen LogP contribution in [0, 0.1) is 0 Å². The number of nitrogens with zero attached hydrogens (tertiary/aromatic N) is 2. The molecule has 0 aliphatic carbocycles. The summed E-state index contributed by atoms with van der Waals surface area (Å²) >= 11 is 9.04. The monoisotopic (exact) mass is 220 g/mol. The van der Waals surface area contributed by atoms with Gasteiger partial charge in [0.25, 0.3) is 0 Å². The fourth-order valence-electron chi connectivity index (χ4n) is 1.07. The Morgan fingerprint density at radius 3 is 2.14 bits per heavy atom. The van der Waals surface area contributed by atoms with Gasteiger partial charge < -0.3 is 0 Å². The molecule has 70 valence electrons. The minimum absolute atomic E-state index is 0.285. The van der Waals surface area contributed by atoms with Gasteiger partial charge in [-0.1, -0.05) is 30.3 Å². The molecule has 0 aromatic heterocycles. The number of thiocarbonyl (C=S) groups is 2. The number of benzene rings is 1. The molecule has 14 heavy (non-hydrogen) atoms. The van der Waals surface area contributed by atoms with Gasteiger partial charge in [-0.05, 0) is 30.0 Å². The van der Waals surface area contributed by atoms with Crippen LogP contribution in [0.15, 0.2) is 40.3 Å². The fraction of sp³-hybridized carbons (Fsp3) is 0.200. The van der Waals surface area contributed by atoms with Crippen molar-refractivity contribution in [2.75, 3.05) is 0 Å². The molecule has 0 heterocycles. The van der Waals surface area contributed by atoms with Crippen molar-refractivity contribution < 1.29 is 0 Å². The Balaban J connectivity index is 2.74. The lowest BCUT2D eigenvalue weighted by Gasteiger charge is -2.03. The predicted molar refractivity (Wildman–Crippen MR) is 64.0 cm³/mol. The van der Waals surface area contributed by atoms with E-state index in [2.05, 4.69) is 44.7 Å². The summed E-state index contributed by atoms with van der Waals surface area (Å²) in [5.41, 5.74) is 1.14. The topological polar surface area (TPSA) is 24.7 Å². The Morgan fingerprint density at radius 1 is 1.07 bits per heavy atom. The first-order chi connectivity index (χ1) is 6.86. The van der Waals surface area contributed by atoms with Crippen LogP contribution in [-0.4, -0.2) is 16.5 Å². The van der Waals surface area contributed by atoms with Gasteiger partial charge in [0.05, 0.1) is 10.3 Å². The highest BCUT2D eigenvalue weighted by atomic mass is 32.1. The molecular weight excluding hydrogens is 212 g/mol. The van der Waals surface area contributed by atoms with E-state index in [-0.39, 0.29) is 6.17 Å². The molecule has 4 heteroatoms.